The van der Waals surface area contributed by atoms with E-state index >= 15 is 0 Å². The molecule has 29 heteroatoms. The van der Waals surface area contributed by atoms with E-state index in [1.165, 1.54) is 0 Å². The summed E-state index contributed by atoms with van der Waals surface area (Å²) in [4.78, 5) is 0. The van der Waals surface area contributed by atoms with Gasteiger partial charge in [0.1, 0.15) is 0 Å². The molecule has 0 aliphatic rings. The molecule has 0 atom stereocenters. The molecular weight excluding hydrogens is 902 g/mol. The summed E-state index contributed by atoms with van der Waals surface area (Å²) in [5.74, 6) is 0. The maximum absolute atomic E-state index is 8.63. The molecule has 0 aliphatic heterocycles. The summed E-state index contributed by atoms with van der Waals surface area (Å²) >= 11 is -30.1. The summed E-state index contributed by atoms with van der Waals surface area (Å²) in [6.07, 6.45) is 0. The first-order valence-corrected chi connectivity index (χ1v) is 19.7. The molecule has 0 radical (unpaired) electrons. The van der Waals surface area contributed by atoms with E-state index in [0.717, 1.165) is 0 Å². The fourth-order valence-electron chi connectivity index (χ4n) is 0. The zero-order valence-electron chi connectivity index (χ0n) is 12.8. The van der Waals surface area contributed by atoms with Crippen LogP contribution in [0.25, 0.3) is 0 Å². The topological polar surface area (TPSA) is 401 Å². The molecule has 0 unspecified atom stereocenters. The zero-order chi connectivity index (χ0) is 22.5. The van der Waals surface area contributed by atoms with E-state index in [2.05, 4.69) is 0 Å². The molecule has 20 nitrogen and oxygen atoms in total. The minimum atomic E-state index is -6.02. The van der Waals surface area contributed by atoms with Crippen molar-refractivity contribution in [2.24, 2.45) is 0 Å². The van der Waals surface area contributed by atoms with Crippen LogP contribution in [0, 0.1) is 0 Å². The molecule has 0 amide bonds. The molecule has 0 aliphatic carbocycles. The van der Waals surface area contributed by atoms with Gasteiger partial charge in [0.05, 0.1) is 0 Å². The average molecular weight is 902 g/mol. The van der Waals surface area contributed by atoms with Crippen LogP contribution < -0.4 is 37.6 Å². The summed E-state index contributed by atoms with van der Waals surface area (Å²) in [7, 11) is 0. The summed E-state index contributed by atoms with van der Waals surface area (Å²) in [5, 5.41) is 0. The van der Waals surface area contributed by atoms with E-state index in [1.54, 1.807) is 0 Å². The van der Waals surface area contributed by atoms with Gasteiger partial charge in [-0.05, 0) is 0 Å². The van der Waals surface area contributed by atoms with E-state index in [9.17, 15) is 0 Å². The maximum atomic E-state index is 8.63. The Kier molecular flexibility index (Phi) is 52.9. The van der Waals surface area contributed by atoms with Crippen LogP contribution in [0.1, 0.15) is 0 Å². The molecule has 0 N–H and O–H groups in total. The predicted molar refractivity (Wildman–Crippen MR) is 29.9 cm³/mol. The Morgan fingerprint density at radius 1 is 0.276 bits per heavy atom. The molecule has 29 heavy (non-hydrogen) atoms. The number of hydrogen-bond acceptors (Lipinski definition) is 20. The van der Waals surface area contributed by atoms with Gasteiger partial charge in [0, 0.05) is 0 Å². The Bertz CT molecular complexity index is 629. The summed E-state index contributed by atoms with van der Waals surface area (Å²) < 4.78 is 173. The van der Waals surface area contributed by atoms with Crippen LogP contribution in [0.5, 0.6) is 0 Å². The van der Waals surface area contributed by atoms with Gasteiger partial charge in [-0.3, -0.25) is 0 Å². The third-order valence-corrected chi connectivity index (χ3v) is 0. The van der Waals surface area contributed by atoms with Crippen molar-refractivity contribution in [3.63, 3.8) is 0 Å². The molecule has 0 aromatic carbocycles. The fourth-order valence-corrected chi connectivity index (χ4v) is 0. The standard InChI is InChI=1S/2Al.2Mg.5Mo.20O/q2*+3;2*+2;;;;;;;;;;;;;;;;10*-1. The first-order chi connectivity index (χ1) is 10.0. The molecule has 0 aromatic heterocycles. The van der Waals surface area contributed by atoms with Crippen molar-refractivity contribution in [3.05, 3.63) is 0 Å². The van der Waals surface area contributed by atoms with Gasteiger partial charge in [0.2, 0.25) is 0 Å². The van der Waals surface area contributed by atoms with Crippen LogP contribution in [0.15, 0.2) is 0 Å². The Hall–Kier alpha value is 3.64. The van der Waals surface area contributed by atoms with Gasteiger partial charge < -0.3 is 0 Å². The van der Waals surface area contributed by atoms with E-state index < -0.39 is 83.7 Å². The van der Waals surface area contributed by atoms with Gasteiger partial charge in [-0.2, -0.15) is 0 Å². The van der Waals surface area contributed by atoms with Gasteiger partial charge >= 0.3 is 236 Å². The van der Waals surface area contributed by atoms with E-state index in [0.29, 0.717) is 0 Å². The van der Waals surface area contributed by atoms with Crippen LogP contribution in [-0.2, 0) is 118 Å². The number of hydrogen-bond donors (Lipinski definition) is 0. The first-order valence-electron chi connectivity index (χ1n) is 3.33. The van der Waals surface area contributed by atoms with Crippen molar-refractivity contribution >= 4 is 80.8 Å². The summed E-state index contributed by atoms with van der Waals surface area (Å²) in [5.41, 5.74) is 0. The van der Waals surface area contributed by atoms with Crippen LogP contribution >= 0.6 is 0 Å². The van der Waals surface area contributed by atoms with Gasteiger partial charge in [-0.15, -0.1) is 0 Å². The molecule has 0 heterocycles. The third-order valence-electron chi connectivity index (χ3n) is 0. The predicted octanol–water partition coefficient (Wildman–Crippen LogP) is -14.6. The molecule has 0 bridgehead atoms. The summed E-state index contributed by atoms with van der Waals surface area (Å²) in [6.45, 7) is 0. The number of rotatable bonds is 0. The van der Waals surface area contributed by atoms with Crippen molar-refractivity contribution < 1.29 is 155 Å². The third kappa shape index (κ3) is 2100. The average Bonchev–Trinajstić information content (AvgIpc) is 1.79. The second-order valence-electron chi connectivity index (χ2n) is 2.04. The van der Waals surface area contributed by atoms with Gasteiger partial charge in [-0.25, -0.2) is 0 Å². The van der Waals surface area contributed by atoms with E-state index in [1.807, 2.05) is 0 Å². The van der Waals surface area contributed by atoms with Crippen molar-refractivity contribution in [1.82, 2.24) is 0 Å². The van der Waals surface area contributed by atoms with Crippen molar-refractivity contribution in [2.75, 3.05) is 0 Å². The molecular formula is Al2Mg2Mo5O20. The normalized spacial score (nSPS) is 10.0. The molecule has 0 aromatic rings. The molecule has 0 saturated carbocycles. The molecule has 0 fully saturated rings. The van der Waals surface area contributed by atoms with Crippen molar-refractivity contribution in [1.29, 1.82) is 0 Å². The summed E-state index contributed by atoms with van der Waals surface area (Å²) in [6, 6.07) is 0. The Labute approximate surface area is 232 Å². The zero-order valence-corrected chi connectivity index (χ0v) is 27.9. The van der Waals surface area contributed by atoms with Crippen LogP contribution in [0.4, 0.5) is 0 Å². The monoisotopic (exact) mass is 911 g/mol. The molecule has 160 valence electrons. The van der Waals surface area contributed by atoms with Gasteiger partial charge in [0.25, 0.3) is 0 Å². The first kappa shape index (κ1) is 58.5. The second kappa shape index (κ2) is 26.2. The Balaban J connectivity index is -0.0000000238. The SMILES string of the molecule is [Al+3].[Al+3].[Mg+2].[Mg+2].[O]=[Mo](=[O])([O-])[O-].[O]=[Mo](=[O])([O-])[O-].[O]=[Mo](=[O])([O-])[O-].[O]=[Mo](=[O])([O-])[O-].[O]=[Mo](=[O])([O-])[O-]. The van der Waals surface area contributed by atoms with E-state index in [4.69, 9.17) is 71.6 Å². The van der Waals surface area contributed by atoms with Gasteiger partial charge in [-0.1, -0.05) is 0 Å². The van der Waals surface area contributed by atoms with Gasteiger partial charge in [0.15, 0.2) is 0 Å². The fraction of sp³-hybridized carbons (Fsp3) is 0. The molecule has 0 saturated heterocycles. The van der Waals surface area contributed by atoms with Crippen LogP contribution in [0.3, 0.4) is 0 Å². The van der Waals surface area contributed by atoms with Crippen LogP contribution in [0.2, 0.25) is 0 Å². The minimum absolute atomic E-state index is 0. The Morgan fingerprint density at radius 3 is 0.276 bits per heavy atom. The quantitative estimate of drug-likeness (QED) is 0.204. The Morgan fingerprint density at radius 2 is 0.276 bits per heavy atom. The second-order valence-corrected chi connectivity index (χ2v) is 12.1. The van der Waals surface area contributed by atoms with Crippen LogP contribution in [-0.4, -0.2) is 80.8 Å². The van der Waals surface area contributed by atoms with Crippen molar-refractivity contribution in [3.8, 4) is 0 Å². The van der Waals surface area contributed by atoms with Crippen molar-refractivity contribution in [2.45, 2.75) is 0 Å². The molecule has 0 spiro atoms. The van der Waals surface area contributed by atoms with E-state index in [-0.39, 0.29) is 80.8 Å². The molecule has 0 rings (SSSR count).